The third kappa shape index (κ3) is 2.81. The van der Waals surface area contributed by atoms with Crippen LogP contribution in [0.3, 0.4) is 0 Å². The van der Waals surface area contributed by atoms with E-state index in [2.05, 4.69) is 0 Å². The van der Waals surface area contributed by atoms with Crippen LogP contribution in [-0.4, -0.2) is 46.0 Å². The highest BCUT2D eigenvalue weighted by Gasteiger charge is 2.38. The van der Waals surface area contributed by atoms with Crippen molar-refractivity contribution in [1.82, 2.24) is 9.47 Å². The number of carboxylic acids is 1. The third-order valence-corrected chi connectivity index (χ3v) is 3.68. The molecule has 0 aromatic carbocycles. The second-order valence-corrected chi connectivity index (χ2v) is 5.03. The van der Waals surface area contributed by atoms with Gasteiger partial charge >= 0.3 is 5.97 Å². The predicted molar refractivity (Wildman–Crippen MR) is 66.6 cm³/mol. The molecular weight excluding hydrogens is 270 g/mol. The van der Waals surface area contributed by atoms with Crippen molar-refractivity contribution in [3.63, 3.8) is 0 Å². The zero-order valence-electron chi connectivity index (χ0n) is 11.0. The van der Waals surface area contributed by atoms with Gasteiger partial charge in [-0.15, -0.1) is 0 Å². The van der Waals surface area contributed by atoms with Gasteiger partial charge in [0.2, 0.25) is 0 Å². The molecule has 5 nitrogen and oxygen atoms in total. The Morgan fingerprint density at radius 3 is 2.65 bits per heavy atom. The number of alkyl halides is 2. The molecule has 1 saturated heterocycles. The smallest absolute Gasteiger partial charge is 0.306 e. The summed E-state index contributed by atoms with van der Waals surface area (Å²) in [5.74, 6) is -1.80. The summed E-state index contributed by atoms with van der Waals surface area (Å²) in [7, 11) is 0. The minimum atomic E-state index is -2.52. The highest BCUT2D eigenvalue weighted by atomic mass is 19.3. The van der Waals surface area contributed by atoms with E-state index < -0.39 is 24.9 Å². The Morgan fingerprint density at radius 1 is 1.45 bits per heavy atom. The molecule has 0 spiro atoms. The van der Waals surface area contributed by atoms with Crippen molar-refractivity contribution in [1.29, 1.82) is 0 Å². The van der Waals surface area contributed by atoms with Gasteiger partial charge in [0.05, 0.1) is 12.5 Å². The van der Waals surface area contributed by atoms with Crippen LogP contribution >= 0.6 is 0 Å². The van der Waals surface area contributed by atoms with Crippen LogP contribution in [0, 0.1) is 11.8 Å². The molecule has 0 bridgehead atoms. The number of carbonyl (C=O) groups is 2. The molecule has 0 radical (unpaired) electrons. The summed E-state index contributed by atoms with van der Waals surface area (Å²) in [6, 6.07) is 3.05. The van der Waals surface area contributed by atoms with Crippen molar-refractivity contribution in [2.45, 2.75) is 19.9 Å². The molecule has 2 rings (SSSR count). The average Bonchev–Trinajstić information content (AvgIpc) is 2.73. The first-order valence-electron chi connectivity index (χ1n) is 6.35. The van der Waals surface area contributed by atoms with E-state index in [1.165, 1.54) is 21.7 Å². The molecule has 1 aromatic rings. The van der Waals surface area contributed by atoms with Crippen LogP contribution in [0.2, 0.25) is 0 Å². The Bertz CT molecular complexity index is 509. The largest absolute Gasteiger partial charge is 0.481 e. The van der Waals surface area contributed by atoms with E-state index in [9.17, 15) is 18.4 Å². The average molecular weight is 286 g/mol. The zero-order chi connectivity index (χ0) is 14.9. The van der Waals surface area contributed by atoms with E-state index in [0.29, 0.717) is 13.1 Å². The second-order valence-electron chi connectivity index (χ2n) is 5.03. The van der Waals surface area contributed by atoms with Crippen molar-refractivity contribution in [2.75, 3.05) is 13.1 Å². The molecule has 1 aliphatic rings. The first-order valence-corrected chi connectivity index (χ1v) is 6.35. The number of nitrogens with zero attached hydrogens (tertiary/aromatic N) is 2. The maximum atomic E-state index is 12.4. The molecule has 2 heterocycles. The van der Waals surface area contributed by atoms with Gasteiger partial charge in [-0.3, -0.25) is 9.59 Å². The van der Waals surface area contributed by atoms with Crippen LogP contribution < -0.4 is 0 Å². The van der Waals surface area contributed by atoms with Gasteiger partial charge in [-0.05, 0) is 12.1 Å². The normalized spacial score (nSPS) is 17.1. The molecule has 1 fully saturated rings. The number of carboxylic acid groups (broad SMARTS) is 1. The Labute approximate surface area is 114 Å². The number of aliphatic carboxylic acids is 1. The number of amides is 1. The Balaban J connectivity index is 1.97. The van der Waals surface area contributed by atoms with Crippen molar-refractivity contribution >= 4 is 11.9 Å². The Kier molecular flexibility index (Phi) is 4.06. The van der Waals surface area contributed by atoms with Crippen LogP contribution in [0.1, 0.15) is 17.4 Å². The number of hydrogen-bond donors (Lipinski definition) is 1. The molecule has 1 atom stereocenters. The lowest BCUT2D eigenvalue weighted by molar-refractivity contribution is -0.144. The first kappa shape index (κ1) is 14.5. The third-order valence-electron chi connectivity index (χ3n) is 3.68. The van der Waals surface area contributed by atoms with Gasteiger partial charge in [0.15, 0.2) is 0 Å². The van der Waals surface area contributed by atoms with Crippen LogP contribution in [0.15, 0.2) is 18.3 Å². The molecule has 1 amide bonds. The van der Waals surface area contributed by atoms with Crippen molar-refractivity contribution < 1.29 is 23.5 Å². The SMILES string of the molecule is CC(C(=O)O)C1CN(C(=O)c2cccn2CC(F)F)C1. The lowest BCUT2D eigenvalue weighted by Gasteiger charge is -2.41. The van der Waals surface area contributed by atoms with E-state index in [-0.39, 0.29) is 17.5 Å². The topological polar surface area (TPSA) is 62.5 Å². The van der Waals surface area contributed by atoms with E-state index in [1.807, 2.05) is 0 Å². The summed E-state index contributed by atoms with van der Waals surface area (Å²) in [6.07, 6.45) is -1.08. The van der Waals surface area contributed by atoms with Crippen LogP contribution in [0.5, 0.6) is 0 Å². The fourth-order valence-electron chi connectivity index (χ4n) is 2.27. The molecule has 0 aliphatic carbocycles. The predicted octanol–water partition coefficient (Wildman–Crippen LogP) is 1.55. The minimum absolute atomic E-state index is 0.0741. The second kappa shape index (κ2) is 5.60. The summed E-state index contributed by atoms with van der Waals surface area (Å²) in [6.45, 7) is 1.80. The molecule has 1 aromatic heterocycles. The van der Waals surface area contributed by atoms with E-state index >= 15 is 0 Å². The standard InChI is InChI=1S/C13H16F2N2O3/c1-8(13(19)20)9-5-17(6-9)12(18)10-3-2-4-16(10)7-11(14)15/h2-4,8-9,11H,5-7H2,1H3,(H,19,20). The summed E-state index contributed by atoms with van der Waals surface area (Å²) in [5.41, 5.74) is 0.215. The minimum Gasteiger partial charge on any atom is -0.481 e. The van der Waals surface area contributed by atoms with Gasteiger partial charge in [-0.2, -0.15) is 0 Å². The summed E-state index contributed by atoms with van der Waals surface area (Å²) in [4.78, 5) is 24.5. The molecule has 1 N–H and O–H groups in total. The molecular formula is C13H16F2N2O3. The quantitative estimate of drug-likeness (QED) is 0.893. The van der Waals surface area contributed by atoms with E-state index in [4.69, 9.17) is 5.11 Å². The molecule has 110 valence electrons. The summed E-state index contributed by atoms with van der Waals surface area (Å²) in [5, 5.41) is 8.88. The lowest BCUT2D eigenvalue weighted by atomic mass is 9.87. The molecule has 1 unspecified atom stereocenters. The summed E-state index contributed by atoms with van der Waals surface area (Å²) < 4.78 is 26.0. The highest BCUT2D eigenvalue weighted by molar-refractivity contribution is 5.93. The van der Waals surface area contributed by atoms with Crippen molar-refractivity contribution in [3.8, 4) is 0 Å². The molecule has 1 aliphatic heterocycles. The van der Waals surface area contributed by atoms with Gasteiger partial charge in [0, 0.05) is 25.2 Å². The van der Waals surface area contributed by atoms with Gasteiger partial charge in [-0.25, -0.2) is 8.78 Å². The Hall–Kier alpha value is -1.92. The number of aromatic nitrogens is 1. The molecule has 20 heavy (non-hydrogen) atoms. The van der Waals surface area contributed by atoms with E-state index in [0.717, 1.165) is 0 Å². The van der Waals surface area contributed by atoms with Gasteiger partial charge in [0.1, 0.15) is 5.69 Å². The van der Waals surface area contributed by atoms with Crippen LogP contribution in [-0.2, 0) is 11.3 Å². The van der Waals surface area contributed by atoms with Crippen LogP contribution in [0.4, 0.5) is 8.78 Å². The number of carbonyl (C=O) groups excluding carboxylic acids is 1. The van der Waals surface area contributed by atoms with Crippen molar-refractivity contribution in [2.24, 2.45) is 11.8 Å². The fraction of sp³-hybridized carbons (Fsp3) is 0.538. The molecule has 7 heteroatoms. The molecule has 0 saturated carbocycles. The van der Waals surface area contributed by atoms with Gasteiger partial charge < -0.3 is 14.6 Å². The lowest BCUT2D eigenvalue weighted by Crippen LogP contribution is -2.53. The van der Waals surface area contributed by atoms with E-state index in [1.54, 1.807) is 13.0 Å². The number of hydrogen-bond acceptors (Lipinski definition) is 2. The number of likely N-dealkylation sites (tertiary alicyclic amines) is 1. The number of halogens is 2. The maximum Gasteiger partial charge on any atom is 0.306 e. The first-order chi connectivity index (χ1) is 9.40. The van der Waals surface area contributed by atoms with Crippen LogP contribution in [0.25, 0.3) is 0 Å². The van der Waals surface area contributed by atoms with Crippen molar-refractivity contribution in [3.05, 3.63) is 24.0 Å². The Morgan fingerprint density at radius 2 is 2.10 bits per heavy atom. The summed E-state index contributed by atoms with van der Waals surface area (Å²) >= 11 is 0. The number of rotatable bonds is 5. The highest BCUT2D eigenvalue weighted by Crippen LogP contribution is 2.25. The van der Waals surface area contributed by atoms with Gasteiger partial charge in [0.25, 0.3) is 12.3 Å². The fourth-order valence-corrected chi connectivity index (χ4v) is 2.27. The monoisotopic (exact) mass is 286 g/mol. The van der Waals surface area contributed by atoms with Gasteiger partial charge in [-0.1, -0.05) is 6.92 Å². The zero-order valence-corrected chi connectivity index (χ0v) is 11.0. The maximum absolute atomic E-state index is 12.4.